The van der Waals surface area contributed by atoms with Gasteiger partial charge in [-0.1, -0.05) is 51.1 Å². The molecule has 0 bridgehead atoms. The molecule has 9 heteroatoms. The average Bonchev–Trinajstić information content (AvgIpc) is 2.65. The molecule has 0 heterocycles. The highest BCUT2D eigenvalue weighted by Crippen LogP contribution is 2.27. The highest BCUT2D eigenvalue weighted by atomic mass is 32.2. The highest BCUT2D eigenvalue weighted by molar-refractivity contribution is 7.92. The minimum Gasteiger partial charge on any atom is -0.495 e. The molecular weight excluding hydrogens is 422 g/mol. The number of rotatable bonds is 7. The SMILES string of the molecule is COc1cc(CN(O)C(=S)NCc2ccc(C(C)(C)C)cc2)ccc1NS(C)(=O)=O. The zero-order chi connectivity index (χ0) is 22.5. The summed E-state index contributed by atoms with van der Waals surface area (Å²) < 4.78 is 30.5. The molecule has 0 saturated heterocycles. The molecule has 0 amide bonds. The molecule has 2 aromatic carbocycles. The lowest BCUT2D eigenvalue weighted by Crippen LogP contribution is -2.36. The fraction of sp³-hybridized carbons (Fsp3) is 0.381. The van der Waals surface area contributed by atoms with E-state index in [1.165, 1.54) is 12.7 Å². The minimum atomic E-state index is -3.42. The number of methoxy groups -OCH3 is 1. The number of sulfonamides is 1. The molecule has 0 aliphatic carbocycles. The van der Waals surface area contributed by atoms with Crippen LogP contribution >= 0.6 is 12.2 Å². The Labute approximate surface area is 184 Å². The lowest BCUT2D eigenvalue weighted by atomic mass is 9.87. The third kappa shape index (κ3) is 7.16. The van der Waals surface area contributed by atoms with E-state index in [1.54, 1.807) is 18.2 Å². The molecule has 0 aliphatic heterocycles. The maximum Gasteiger partial charge on any atom is 0.229 e. The van der Waals surface area contributed by atoms with Crippen LogP contribution in [0.4, 0.5) is 5.69 Å². The molecule has 0 aliphatic rings. The highest BCUT2D eigenvalue weighted by Gasteiger charge is 2.14. The molecule has 0 fully saturated rings. The van der Waals surface area contributed by atoms with Crippen LogP contribution in [0.15, 0.2) is 42.5 Å². The van der Waals surface area contributed by atoms with Crippen LogP contribution in [0.3, 0.4) is 0 Å². The Morgan fingerprint density at radius 1 is 1.13 bits per heavy atom. The normalized spacial score (nSPS) is 11.7. The third-order valence-corrected chi connectivity index (χ3v) is 5.34. The number of hydroxylamine groups is 2. The van der Waals surface area contributed by atoms with E-state index >= 15 is 0 Å². The summed E-state index contributed by atoms with van der Waals surface area (Å²) in [6.07, 6.45) is 1.07. The van der Waals surface area contributed by atoms with Crippen LogP contribution in [0, 0.1) is 0 Å². The van der Waals surface area contributed by atoms with E-state index in [-0.39, 0.29) is 17.1 Å². The van der Waals surface area contributed by atoms with E-state index in [2.05, 4.69) is 42.9 Å². The van der Waals surface area contributed by atoms with E-state index in [4.69, 9.17) is 17.0 Å². The van der Waals surface area contributed by atoms with Gasteiger partial charge in [0.25, 0.3) is 0 Å². The van der Waals surface area contributed by atoms with Gasteiger partial charge in [0.05, 0.1) is 25.6 Å². The Morgan fingerprint density at radius 3 is 2.27 bits per heavy atom. The summed E-state index contributed by atoms with van der Waals surface area (Å²) in [4.78, 5) is 0. The fourth-order valence-corrected chi connectivity index (χ4v) is 3.46. The Balaban J connectivity index is 1.97. The molecule has 2 rings (SSSR count). The van der Waals surface area contributed by atoms with Gasteiger partial charge in [-0.05, 0) is 46.5 Å². The predicted molar refractivity (Wildman–Crippen MR) is 123 cm³/mol. The predicted octanol–water partition coefficient (Wildman–Crippen LogP) is 3.63. The van der Waals surface area contributed by atoms with Crippen molar-refractivity contribution in [2.75, 3.05) is 18.1 Å². The van der Waals surface area contributed by atoms with E-state index in [0.717, 1.165) is 16.9 Å². The Hall–Kier alpha value is -2.36. The van der Waals surface area contributed by atoms with E-state index < -0.39 is 10.0 Å². The first-order valence-electron chi connectivity index (χ1n) is 9.37. The summed E-state index contributed by atoms with van der Waals surface area (Å²) in [5, 5.41) is 14.4. The molecular formula is C21H29N3O4S2. The minimum absolute atomic E-state index is 0.0938. The summed E-state index contributed by atoms with van der Waals surface area (Å²) in [5.41, 5.74) is 3.42. The number of nitrogens with one attached hydrogen (secondary N) is 2. The lowest BCUT2D eigenvalue weighted by molar-refractivity contribution is -0.0237. The van der Waals surface area contributed by atoms with Crippen molar-refractivity contribution >= 4 is 33.0 Å². The van der Waals surface area contributed by atoms with Gasteiger partial charge in [0.1, 0.15) is 5.75 Å². The number of benzene rings is 2. The largest absolute Gasteiger partial charge is 0.495 e. The van der Waals surface area contributed by atoms with Gasteiger partial charge in [0.15, 0.2) is 5.11 Å². The maximum atomic E-state index is 11.4. The first kappa shape index (κ1) is 23.9. The smallest absolute Gasteiger partial charge is 0.229 e. The van der Waals surface area contributed by atoms with Gasteiger partial charge >= 0.3 is 0 Å². The first-order chi connectivity index (χ1) is 13.9. The van der Waals surface area contributed by atoms with Crippen LogP contribution in [0.5, 0.6) is 5.75 Å². The summed E-state index contributed by atoms with van der Waals surface area (Å²) in [6, 6.07) is 13.2. The second-order valence-corrected chi connectivity index (χ2v) is 10.2. The van der Waals surface area contributed by atoms with Crippen molar-refractivity contribution in [2.24, 2.45) is 0 Å². The van der Waals surface area contributed by atoms with E-state index in [0.29, 0.717) is 23.5 Å². The quantitative estimate of drug-likeness (QED) is 0.437. The molecule has 3 N–H and O–H groups in total. The van der Waals surface area contributed by atoms with Gasteiger partial charge in [0, 0.05) is 6.54 Å². The molecule has 7 nitrogen and oxygen atoms in total. The zero-order valence-corrected chi connectivity index (χ0v) is 19.5. The molecule has 164 valence electrons. The van der Waals surface area contributed by atoms with Crippen LogP contribution in [-0.2, 0) is 28.5 Å². The summed E-state index contributed by atoms with van der Waals surface area (Å²) >= 11 is 5.26. The Morgan fingerprint density at radius 2 is 1.73 bits per heavy atom. The van der Waals surface area contributed by atoms with Crippen LogP contribution in [0.2, 0.25) is 0 Å². The van der Waals surface area contributed by atoms with Crippen molar-refractivity contribution < 1.29 is 18.4 Å². The van der Waals surface area contributed by atoms with Crippen LogP contribution in [0.25, 0.3) is 0 Å². The Bertz CT molecular complexity index is 984. The monoisotopic (exact) mass is 451 g/mol. The first-order valence-corrected chi connectivity index (χ1v) is 11.7. The van der Waals surface area contributed by atoms with Crippen molar-refractivity contribution in [1.29, 1.82) is 0 Å². The number of anilines is 1. The number of hydrogen-bond donors (Lipinski definition) is 3. The van der Waals surface area contributed by atoms with Gasteiger partial charge in [-0.2, -0.15) is 0 Å². The molecule has 0 radical (unpaired) electrons. The van der Waals surface area contributed by atoms with Crippen LogP contribution in [0.1, 0.15) is 37.5 Å². The van der Waals surface area contributed by atoms with Gasteiger partial charge in [-0.15, -0.1) is 0 Å². The fourth-order valence-electron chi connectivity index (χ4n) is 2.75. The number of ether oxygens (including phenoxy) is 1. The molecule has 0 spiro atoms. The Kier molecular flexibility index (Phi) is 7.68. The van der Waals surface area contributed by atoms with Gasteiger partial charge in [-0.25, -0.2) is 13.5 Å². The maximum absolute atomic E-state index is 11.4. The van der Waals surface area contributed by atoms with E-state index in [1.807, 2.05) is 12.1 Å². The molecule has 0 atom stereocenters. The summed E-state index contributed by atoms with van der Waals surface area (Å²) in [6.45, 7) is 7.10. The zero-order valence-electron chi connectivity index (χ0n) is 17.9. The van der Waals surface area contributed by atoms with Crippen molar-refractivity contribution in [3.8, 4) is 5.75 Å². The summed E-state index contributed by atoms with van der Waals surface area (Å²) in [7, 11) is -1.98. The van der Waals surface area contributed by atoms with Crippen LogP contribution < -0.4 is 14.8 Å². The van der Waals surface area contributed by atoms with Crippen molar-refractivity contribution in [3.05, 3.63) is 59.2 Å². The van der Waals surface area contributed by atoms with Crippen molar-refractivity contribution in [2.45, 2.75) is 39.3 Å². The van der Waals surface area contributed by atoms with E-state index in [9.17, 15) is 13.6 Å². The molecule has 0 aromatic heterocycles. The number of hydrogen-bond acceptors (Lipinski definition) is 5. The average molecular weight is 452 g/mol. The van der Waals surface area contributed by atoms with Crippen molar-refractivity contribution in [1.82, 2.24) is 10.4 Å². The molecule has 30 heavy (non-hydrogen) atoms. The standard InChI is InChI=1S/C21H29N3O4S2/c1-21(2,3)17-9-6-15(7-10-17)13-22-20(29)24(25)14-16-8-11-18(19(12-16)28-4)23-30(5,26)27/h6-12,23,25H,13-14H2,1-5H3,(H,22,29). The van der Waals surface area contributed by atoms with Crippen LogP contribution in [-0.4, -0.2) is 37.2 Å². The lowest BCUT2D eigenvalue weighted by Gasteiger charge is -2.21. The molecule has 2 aromatic rings. The number of nitrogens with zero attached hydrogens (tertiary/aromatic N) is 1. The van der Waals surface area contributed by atoms with Crippen molar-refractivity contribution in [3.63, 3.8) is 0 Å². The van der Waals surface area contributed by atoms with Gasteiger partial charge in [0.2, 0.25) is 10.0 Å². The topological polar surface area (TPSA) is 90.9 Å². The molecule has 0 unspecified atom stereocenters. The number of thiocarbonyl (C=S) groups is 1. The molecule has 0 saturated carbocycles. The summed E-state index contributed by atoms with van der Waals surface area (Å²) in [5.74, 6) is 0.351. The second-order valence-electron chi connectivity index (χ2n) is 8.07. The van der Waals surface area contributed by atoms with Gasteiger partial charge < -0.3 is 10.1 Å². The second kappa shape index (κ2) is 9.63. The van der Waals surface area contributed by atoms with Gasteiger partial charge in [-0.3, -0.25) is 9.93 Å². The third-order valence-electron chi connectivity index (χ3n) is 4.39.